The third kappa shape index (κ3) is 33.4. The quantitative estimate of drug-likeness (QED) is 0.0118. The van der Waals surface area contributed by atoms with Gasteiger partial charge in [0, 0.05) is 83.2 Å². The molecule has 0 bridgehead atoms. The molecule has 16 aromatic rings. The van der Waals surface area contributed by atoms with Crippen LogP contribution in [0, 0.1) is 69.8 Å². The first kappa shape index (κ1) is 120. The van der Waals surface area contributed by atoms with Crippen LogP contribution in [0.15, 0.2) is 225 Å². The number of hydrazine groups is 1. The Hall–Kier alpha value is -14.7. The topological polar surface area (TPSA) is 434 Å². The number of amides is 1. The van der Waals surface area contributed by atoms with Gasteiger partial charge in [0.05, 0.1) is 60.3 Å². The first-order chi connectivity index (χ1) is 68.1. The van der Waals surface area contributed by atoms with E-state index < -0.39 is 136 Å². The van der Waals surface area contributed by atoms with Crippen molar-refractivity contribution < 1.29 is 108 Å². The summed E-state index contributed by atoms with van der Waals surface area (Å²) in [5.74, 6) is -8.77. The molecule has 148 heavy (non-hydrogen) atoms. The van der Waals surface area contributed by atoms with E-state index in [0.29, 0.717) is 64.6 Å². The molecule has 8 aromatic heterocycles. The number of aromatic nitrogens is 14. The summed E-state index contributed by atoms with van der Waals surface area (Å²) < 4.78 is 252. The molecule has 52 heteroatoms. The number of hydrogen-bond acceptors (Lipinski definition) is 24. The Morgan fingerprint density at radius 3 is 1.20 bits per heavy atom. The molecule has 0 fully saturated rings. The van der Waals surface area contributed by atoms with Gasteiger partial charge in [-0.25, -0.2) is 87.6 Å². The average Bonchev–Trinajstić information content (AvgIpc) is 1.55. The number of nitrogens with two attached hydrogens (primary N) is 5. The molecule has 0 saturated carbocycles. The molecule has 0 unspecified atom stereocenters. The lowest BCUT2D eigenvalue weighted by atomic mass is 9.81. The molecule has 780 valence electrons. The number of anilines is 5. The lowest BCUT2D eigenvalue weighted by Crippen LogP contribution is -2.32. The molecule has 0 atom stereocenters. The largest absolute Gasteiger partial charge is 0.535 e. The fourth-order valence-electron chi connectivity index (χ4n) is 12.8. The van der Waals surface area contributed by atoms with Crippen molar-refractivity contribution in [3.63, 3.8) is 0 Å². The van der Waals surface area contributed by atoms with Crippen LogP contribution in [0.4, 0.5) is 109 Å². The summed E-state index contributed by atoms with van der Waals surface area (Å²) in [6.45, 7) is 15.4. The number of benzene rings is 8. The van der Waals surface area contributed by atoms with Crippen molar-refractivity contribution in [3.05, 3.63) is 341 Å². The van der Waals surface area contributed by atoms with Crippen LogP contribution >= 0.6 is 47.8 Å². The number of carboxylic acids is 1. The highest BCUT2D eigenvalue weighted by Gasteiger charge is 2.36. The molecule has 0 radical (unpaired) electrons. The van der Waals surface area contributed by atoms with Crippen LogP contribution in [0.5, 0.6) is 0 Å². The summed E-state index contributed by atoms with van der Waals surface area (Å²) in [7, 11) is -4.68. The van der Waals surface area contributed by atoms with Crippen molar-refractivity contribution in [3.8, 4) is 56.2 Å². The normalized spacial score (nSPS) is 11.1. The molecule has 16 rings (SSSR count). The number of hydrogen-bond donors (Lipinski definition) is 10. The molecule has 8 heterocycles. The number of nitrogen functional groups attached to an aromatic ring is 4. The van der Waals surface area contributed by atoms with E-state index in [0.717, 1.165) is 89.0 Å². The number of carbonyl (C=O) groups excluding carboxylic acids is 1. The van der Waals surface area contributed by atoms with Gasteiger partial charge in [0.15, 0.2) is 42.9 Å². The van der Waals surface area contributed by atoms with Crippen molar-refractivity contribution in [2.24, 2.45) is 10.4 Å². The molecule has 0 saturated heterocycles. The number of nitrogens with one attached hydrogen (secondary N) is 2. The lowest BCUT2D eigenvalue weighted by Gasteiger charge is -2.21. The number of aliphatic carboxylic acids is 1. The number of nitrogens with zero attached hydrogens (tertiary/aromatic N) is 15. The summed E-state index contributed by atoms with van der Waals surface area (Å²) in [6.07, 6.45) is -9.08. The van der Waals surface area contributed by atoms with Crippen LogP contribution in [0.1, 0.15) is 80.2 Å². The van der Waals surface area contributed by atoms with Gasteiger partial charge in [0.1, 0.15) is 81.2 Å². The molecule has 1 amide bonds. The SMILES string of the molecule is C.C.C.CC(=N[Si](C)(C)C)O[Si](C)(C)C.NCc1nc(N)nc(-c2ccc(F)cc2)c1Br.Nc1nc(-c2ccc(F)cc2)c(-c2ccnc(C(F)(F)F)c2)c2nc(Cc3c(F)cccc3F)nn12.Nc1nc(-c2ccc(F)cc2)c(Br)c2nc(Cc3c(F)cccc3F)nn12.Nc1nc(NNC(=O)Cc2c(F)cccc2F)c(Br)c(-c2ccc(F)cc2)n1.O=C(O)Cc1c(F)cccc1F.OB(O)c1ccnc(C(F)(F)F)c1. The van der Waals surface area contributed by atoms with E-state index in [1.165, 1.54) is 108 Å². The van der Waals surface area contributed by atoms with Crippen LogP contribution in [0.25, 0.3) is 67.5 Å². The third-order valence-electron chi connectivity index (χ3n) is 19.1. The number of rotatable bonds is 19. The Bertz CT molecular complexity index is 7280. The van der Waals surface area contributed by atoms with Gasteiger partial charge in [-0.2, -0.15) is 40.4 Å². The van der Waals surface area contributed by atoms with Crippen LogP contribution in [-0.4, -0.2) is 126 Å². The fourth-order valence-corrected chi connectivity index (χ4v) is 16.5. The van der Waals surface area contributed by atoms with E-state index in [1.807, 2.05) is 6.92 Å². The molecular formula is C96H92BBr3F18N22O6Si2. The second-order valence-corrected chi connectivity index (χ2v) is 43.6. The molecule has 0 spiro atoms. The summed E-state index contributed by atoms with van der Waals surface area (Å²) in [5.41, 5.74) is 34.9. The summed E-state index contributed by atoms with van der Waals surface area (Å²) in [4.78, 5) is 62.1. The minimum absolute atomic E-state index is 0. The third-order valence-corrected chi connectivity index (χ3v) is 23.3. The summed E-state index contributed by atoms with van der Waals surface area (Å²) in [5, 5.41) is 33.8. The second kappa shape index (κ2) is 52.6. The zero-order valence-corrected chi connectivity index (χ0v) is 83.1. The molecule has 0 aliphatic heterocycles. The predicted molar refractivity (Wildman–Crippen MR) is 542 cm³/mol. The number of carbonyl (C=O) groups is 2. The van der Waals surface area contributed by atoms with Gasteiger partial charge >= 0.3 is 25.4 Å². The average molecular weight is 2300 g/mol. The van der Waals surface area contributed by atoms with Gasteiger partial charge in [-0.3, -0.25) is 35.1 Å². The first-order valence-electron chi connectivity index (χ1n) is 41.9. The highest BCUT2D eigenvalue weighted by atomic mass is 79.9. The van der Waals surface area contributed by atoms with Crippen molar-refractivity contribution >= 4 is 136 Å². The van der Waals surface area contributed by atoms with Gasteiger partial charge in [0.25, 0.3) is 0 Å². The number of pyridine rings is 2. The summed E-state index contributed by atoms with van der Waals surface area (Å²) >= 11 is 10.1. The number of fused-ring (bicyclic) bond motifs is 2. The number of carboxylic acid groups (broad SMARTS) is 1. The van der Waals surface area contributed by atoms with Crippen molar-refractivity contribution in [2.75, 3.05) is 28.4 Å². The predicted octanol–water partition coefficient (Wildman–Crippen LogP) is 21.7. The van der Waals surface area contributed by atoms with Gasteiger partial charge in [-0.1, -0.05) is 46.5 Å². The van der Waals surface area contributed by atoms with E-state index in [1.54, 1.807) is 24.3 Å². The fraction of sp³-hybridized carbons (Fsp3) is 0.177. The van der Waals surface area contributed by atoms with Gasteiger partial charge < -0.3 is 48.2 Å². The molecule has 0 aliphatic carbocycles. The van der Waals surface area contributed by atoms with Crippen LogP contribution in [0.3, 0.4) is 0 Å². The lowest BCUT2D eigenvalue weighted by molar-refractivity contribution is -0.141. The zero-order valence-electron chi connectivity index (χ0n) is 76.3. The van der Waals surface area contributed by atoms with Crippen LogP contribution in [0.2, 0.25) is 39.3 Å². The van der Waals surface area contributed by atoms with E-state index in [2.05, 4.69) is 163 Å². The number of halogens is 21. The monoisotopic (exact) mass is 2290 g/mol. The van der Waals surface area contributed by atoms with Crippen molar-refractivity contribution in [1.82, 2.24) is 74.5 Å². The van der Waals surface area contributed by atoms with Gasteiger partial charge in [-0.15, -0.1) is 10.2 Å². The van der Waals surface area contributed by atoms with Crippen molar-refractivity contribution in [2.45, 2.75) is 113 Å². The zero-order chi connectivity index (χ0) is 107. The highest BCUT2D eigenvalue weighted by Crippen LogP contribution is 2.40. The Labute approximate surface area is 861 Å². The van der Waals surface area contributed by atoms with Crippen molar-refractivity contribution in [1.29, 1.82) is 0 Å². The van der Waals surface area contributed by atoms with E-state index in [4.69, 9.17) is 48.2 Å². The standard InChI is InChI=1S/C24H14F6N6.C18H13BrF3N5O.C18H11BrF3N5.C11H10BrFN4.C8H6F2O2.C8H21NOSi2.C6H5BF3NO2.3CH4/c25-14-6-4-12(5-7-14)21-20(13-8-9-32-18(10-13)24(28,29)30)22-33-19(35-36(22)23(31)34-21)11-15-16(26)2-1-3-17(15)27;19-15-16(9-4-6-10(20)7-5-9)24-18(23)25-17(15)27-26-14(28)8-11-12(21)2-1-3-13(11)22;19-15-16(9-4-6-10(20)7-5-9)25-18(23)27-17(15)24-14(26-27)8-11-12(21)2-1-3-13(11)22;12-9-8(5-14)16-11(15)17-10(9)6-1-3-7(13)4-2-6;9-6-2-1-3-7(10)5(6)4-8(11)12;1-8(9-11(2,3)4)10-12(5,6)7;8-6(9,10)5-3-4(7(12)13)1-2-11-5;;;/h1-10H,11H2,(H2,31,34);1-7H,8H2,(H,26,28)(H3,23,24,25,27);1-7H,8H2,(H2,23,25);1-4H,5,14H2,(H2,15,16,17);1-3H,4H2,(H,11,12);1-7H3;1-3,12-13H;3*1H4. The van der Waals surface area contributed by atoms with Gasteiger partial charge in [-0.05, 0) is 268 Å². The van der Waals surface area contributed by atoms with E-state index in [-0.39, 0.29) is 139 Å². The van der Waals surface area contributed by atoms with Crippen LogP contribution < -0.4 is 45.0 Å². The Balaban J connectivity index is 0.000000242. The van der Waals surface area contributed by atoms with Gasteiger partial charge in [0.2, 0.25) is 38.0 Å². The second-order valence-electron chi connectivity index (χ2n) is 32.2. The minimum Gasteiger partial charge on any atom is -0.535 e. The first-order valence-corrected chi connectivity index (χ1v) is 51.2. The molecule has 8 aromatic carbocycles. The Morgan fingerprint density at radius 2 is 0.804 bits per heavy atom. The highest BCUT2D eigenvalue weighted by molar-refractivity contribution is 9.11. The van der Waals surface area contributed by atoms with Crippen LogP contribution in [-0.2, 0) is 58.6 Å². The maximum absolute atomic E-state index is 14.2. The summed E-state index contributed by atoms with van der Waals surface area (Å²) in [6, 6.07) is 39.7. The molecule has 0 aliphatic rings. The van der Waals surface area contributed by atoms with E-state index in [9.17, 15) is 88.6 Å². The maximum Gasteiger partial charge on any atom is 0.488 e. The Kier molecular flexibility index (Phi) is 42.7. The minimum atomic E-state index is -4.73. The van der Waals surface area contributed by atoms with E-state index >= 15 is 0 Å². The maximum atomic E-state index is 14.2. The molecule has 28 nitrogen and oxygen atoms in total. The number of alkyl halides is 6. The Morgan fingerprint density at radius 1 is 0.446 bits per heavy atom. The smallest absolute Gasteiger partial charge is 0.488 e. The molecule has 15 N–H and O–H groups in total. The molecular weight excluding hydrogens is 2210 g/mol.